The molecule has 34 heteroatoms. The normalized spacial score (nSPS) is 12.0. The molecule has 0 amide bonds. The second kappa shape index (κ2) is 23.0. The van der Waals surface area contributed by atoms with E-state index in [0.29, 0.717) is 6.07 Å². The largest absolute Gasteiger partial charge is 1.00 e. The molecule has 0 fully saturated rings. The van der Waals surface area contributed by atoms with Crippen molar-refractivity contribution in [2.75, 3.05) is 30.1 Å². The van der Waals surface area contributed by atoms with E-state index in [4.69, 9.17) is 20.9 Å². The third kappa shape index (κ3) is 15.2. The van der Waals surface area contributed by atoms with Crippen LogP contribution in [0.4, 0.5) is 34.6 Å². The van der Waals surface area contributed by atoms with Crippen LogP contribution >= 0.6 is 11.6 Å². The minimum atomic E-state index is -5.75. The van der Waals surface area contributed by atoms with E-state index in [-0.39, 0.29) is 141 Å². The zero-order chi connectivity index (χ0) is 43.0. The minimum absolute atomic E-state index is 0. The molecule has 62 heavy (non-hydrogen) atoms. The molecule has 1 aromatic heterocycles. The molecule has 0 saturated heterocycles. The maximum atomic E-state index is 13.6. The predicted molar refractivity (Wildman–Crippen MR) is 192 cm³/mol. The average molecular weight is 1010 g/mol. The van der Waals surface area contributed by atoms with Crippen LogP contribution in [0.1, 0.15) is 0 Å². The molecule has 0 spiro atoms. The molecule has 310 valence electrons. The van der Waals surface area contributed by atoms with Gasteiger partial charge in [0.05, 0.1) is 50.4 Å². The van der Waals surface area contributed by atoms with E-state index in [1.807, 2.05) is 0 Å². The van der Waals surface area contributed by atoms with Crippen molar-refractivity contribution in [3.63, 3.8) is 0 Å². The van der Waals surface area contributed by atoms with Crippen molar-refractivity contribution < 1.29 is 193 Å². The molecule has 0 aliphatic heterocycles. The number of rotatable bonds is 15. The molecule has 5 aromatic rings. The van der Waals surface area contributed by atoms with Gasteiger partial charge in [-0.1, -0.05) is 11.8 Å². The summed E-state index contributed by atoms with van der Waals surface area (Å²) >= 11 is 6.01. The molecular weight excluding hydrogens is 994 g/mol. The molecule has 24 nitrogen and oxygen atoms in total. The van der Waals surface area contributed by atoms with E-state index in [1.54, 1.807) is 0 Å². The van der Waals surface area contributed by atoms with Gasteiger partial charge in [0.2, 0.25) is 17.2 Å². The molecule has 0 saturated carbocycles. The summed E-state index contributed by atoms with van der Waals surface area (Å²) in [7, 11) is -24.5. The smallest absolute Gasteiger partial charge is 0.871 e. The number of fused-ring (bicyclic) bond motifs is 1. The molecule has 0 radical (unpaired) electrons. The van der Waals surface area contributed by atoms with Crippen molar-refractivity contribution in [3.05, 3.63) is 65.9 Å². The van der Waals surface area contributed by atoms with E-state index in [0.717, 1.165) is 49.6 Å². The van der Waals surface area contributed by atoms with Crippen LogP contribution in [-0.2, 0) is 54.8 Å². The molecule has 1 heterocycles. The Balaban J connectivity index is 0.00000480. The molecular formula is C28H20ClN7Na4O17S5. The summed E-state index contributed by atoms with van der Waals surface area (Å²) in [6.07, 6.45) is 0. The number of nitrogens with zero attached hydrogens (tertiary/aromatic N) is 5. The summed E-state index contributed by atoms with van der Waals surface area (Å²) in [5.41, 5.74) is -2.48. The first kappa shape index (κ1) is 58.8. The van der Waals surface area contributed by atoms with Crippen molar-refractivity contribution in [2.24, 2.45) is 10.2 Å². The number of anilines is 4. The Kier molecular flexibility index (Phi) is 21.8. The number of sulfone groups is 1. The van der Waals surface area contributed by atoms with Gasteiger partial charge in [0, 0.05) is 11.1 Å². The van der Waals surface area contributed by atoms with Crippen molar-refractivity contribution in [1.82, 2.24) is 15.0 Å². The van der Waals surface area contributed by atoms with Crippen LogP contribution in [0.15, 0.2) is 90.5 Å². The Morgan fingerprint density at radius 2 is 1.29 bits per heavy atom. The minimum Gasteiger partial charge on any atom is -0.871 e. The van der Waals surface area contributed by atoms with Crippen LogP contribution in [0.2, 0.25) is 5.28 Å². The number of benzene rings is 4. The van der Waals surface area contributed by atoms with Gasteiger partial charge in [-0.2, -0.15) is 23.4 Å². The number of nitrogens with one attached hydrogen (secondary N) is 2. The fraction of sp³-hybridized carbons (Fsp3) is 0.107. The Labute approximate surface area is 446 Å². The van der Waals surface area contributed by atoms with E-state index < -0.39 is 122 Å². The van der Waals surface area contributed by atoms with Gasteiger partial charge in [-0.3, -0.25) is 4.55 Å². The van der Waals surface area contributed by atoms with Crippen LogP contribution < -0.4 is 139 Å². The number of halogens is 1. The SMILES string of the molecule is COc1ccc(N=Nc2c(S(=O)(=O)[O-])cc3c(S(=O)(=O)[O-])c(Nc4nc(Cl)nc(Nc5ccc(S(=O)(=O)CCOS(=O)(=O)O)cc5)n4)ccc3c2[O-])c(S(=O)(=O)[O-])c1.[Na+].[Na+].[Na+].[Na+]. The van der Waals surface area contributed by atoms with Crippen molar-refractivity contribution in [3.8, 4) is 11.5 Å². The number of hydrogen-bond acceptors (Lipinski definition) is 23. The van der Waals surface area contributed by atoms with Crippen LogP contribution in [0.3, 0.4) is 0 Å². The summed E-state index contributed by atoms with van der Waals surface area (Å²) < 4.78 is 174. The van der Waals surface area contributed by atoms with Gasteiger partial charge in [0.15, 0.2) is 9.84 Å². The first-order valence-corrected chi connectivity index (χ1v) is 22.6. The summed E-state index contributed by atoms with van der Waals surface area (Å²) in [5.74, 6) is -3.30. The van der Waals surface area contributed by atoms with Crippen molar-refractivity contribution in [1.29, 1.82) is 0 Å². The van der Waals surface area contributed by atoms with Gasteiger partial charge >= 0.3 is 129 Å². The fourth-order valence-electron chi connectivity index (χ4n) is 4.86. The van der Waals surface area contributed by atoms with E-state index in [9.17, 15) is 60.9 Å². The second-order valence-electron chi connectivity index (χ2n) is 11.1. The molecule has 0 unspecified atom stereocenters. The fourth-order valence-corrected chi connectivity index (χ4v) is 8.60. The molecule has 4 aromatic carbocycles. The molecule has 0 bridgehead atoms. The topological polar surface area (TPSA) is 389 Å². The van der Waals surface area contributed by atoms with Crippen LogP contribution in [0.25, 0.3) is 10.8 Å². The van der Waals surface area contributed by atoms with Gasteiger partial charge in [0.25, 0.3) is 0 Å². The van der Waals surface area contributed by atoms with Crippen LogP contribution in [0.5, 0.6) is 11.5 Å². The standard InChI is InChI=1S/C28H24ClN7O17S5.4Na/c1-52-15-4-8-19(21(12-15)55(40,41)42)35-36-23-22(56(43,44)45)13-18-17(24(23)37)7-9-20(25(18)57(46,47)48)31-28-33-26(29)32-27(34-28)30-14-2-5-16(6-3-14)54(38,39)11-10-53-58(49,50)51;;;;/h2-9,12-13,37H,10-11H2,1H3,(H,40,41,42)(H,43,44,45)(H,46,47,48)(H,49,50,51)(H2,30,31,32,33,34);;;;/q;4*+1/p-4. The molecule has 0 aliphatic rings. The summed E-state index contributed by atoms with van der Waals surface area (Å²) in [6.45, 7) is -0.872. The number of hydrogen-bond donors (Lipinski definition) is 3. The Morgan fingerprint density at radius 1 is 0.710 bits per heavy atom. The molecule has 0 atom stereocenters. The van der Waals surface area contributed by atoms with Crippen molar-refractivity contribution >= 4 is 108 Å². The van der Waals surface area contributed by atoms with E-state index >= 15 is 0 Å². The van der Waals surface area contributed by atoms with Gasteiger partial charge in [-0.25, -0.2) is 37.9 Å². The third-order valence-electron chi connectivity index (χ3n) is 7.29. The molecule has 5 rings (SSSR count). The van der Waals surface area contributed by atoms with Crippen molar-refractivity contribution in [2.45, 2.75) is 19.6 Å². The average Bonchev–Trinajstić information content (AvgIpc) is 3.09. The Hall–Kier alpha value is -1.21. The van der Waals surface area contributed by atoms with Gasteiger partial charge < -0.3 is 34.1 Å². The predicted octanol–water partition coefficient (Wildman–Crippen LogP) is -10.0. The zero-order valence-corrected chi connectivity index (χ0v) is 45.2. The monoisotopic (exact) mass is 1010 g/mol. The maximum absolute atomic E-state index is 13.6. The molecule has 0 aliphatic carbocycles. The Morgan fingerprint density at radius 3 is 1.82 bits per heavy atom. The van der Waals surface area contributed by atoms with Gasteiger partial charge in [-0.15, -0.1) is 10.2 Å². The zero-order valence-electron chi connectivity index (χ0n) is 32.3. The summed E-state index contributed by atoms with van der Waals surface area (Å²) in [6, 6.07) is 9.57. The first-order valence-electron chi connectivity index (χ1n) is 15.0. The number of methoxy groups -OCH3 is 1. The first-order chi connectivity index (χ1) is 26.8. The van der Waals surface area contributed by atoms with E-state index in [2.05, 4.69) is 40.0 Å². The van der Waals surface area contributed by atoms with Gasteiger partial charge in [0.1, 0.15) is 41.8 Å². The summed E-state index contributed by atoms with van der Waals surface area (Å²) in [5, 5.41) is 23.4. The number of ether oxygens (including phenoxy) is 1. The quantitative estimate of drug-likeness (QED) is 0.0498. The van der Waals surface area contributed by atoms with E-state index in [1.165, 1.54) is 12.1 Å². The third-order valence-corrected chi connectivity index (χ3v) is 12.3. The second-order valence-corrected chi connectivity index (χ2v) is 18.6. The molecule has 3 N–H and O–H groups in total. The Bertz CT molecular complexity index is 3080. The van der Waals surface area contributed by atoms with Crippen LogP contribution in [0, 0.1) is 0 Å². The van der Waals surface area contributed by atoms with Gasteiger partial charge in [-0.05, 0) is 71.6 Å². The summed E-state index contributed by atoms with van der Waals surface area (Å²) in [4.78, 5) is 7.55. The number of aromatic nitrogens is 3. The van der Waals surface area contributed by atoms with Crippen LogP contribution in [-0.4, -0.2) is 94.7 Å². The maximum Gasteiger partial charge on any atom is 1.00 e. The number of azo groups is 1.